The molecule has 5 nitrogen and oxygen atoms in total. The Morgan fingerprint density at radius 1 is 1.26 bits per heavy atom. The van der Waals surface area contributed by atoms with Crippen LogP contribution in [0.15, 0.2) is 18.2 Å². The maximum absolute atomic E-state index is 11.9. The first-order valence-corrected chi connectivity index (χ1v) is 5.99. The van der Waals surface area contributed by atoms with E-state index in [0.29, 0.717) is 16.3 Å². The van der Waals surface area contributed by atoms with E-state index >= 15 is 0 Å². The lowest BCUT2D eigenvalue weighted by molar-refractivity contribution is -0.124. The second kappa shape index (κ2) is 6.33. The van der Waals surface area contributed by atoms with Crippen molar-refractivity contribution < 1.29 is 14.4 Å². The number of ketones is 1. The van der Waals surface area contributed by atoms with Crippen molar-refractivity contribution in [3.63, 3.8) is 0 Å². The van der Waals surface area contributed by atoms with Gasteiger partial charge in [0.05, 0.1) is 17.7 Å². The van der Waals surface area contributed by atoms with Gasteiger partial charge in [0.25, 0.3) is 5.91 Å². The second-order valence-corrected chi connectivity index (χ2v) is 4.75. The van der Waals surface area contributed by atoms with Crippen molar-refractivity contribution in [2.24, 2.45) is 0 Å². The monoisotopic (exact) mass is 282 g/mol. The normalized spacial score (nSPS) is 9.89. The smallest absolute Gasteiger partial charge is 0.255 e. The molecule has 0 unspecified atom stereocenters. The first kappa shape index (κ1) is 15.2. The number of carbonyl (C=O) groups excluding carboxylic acids is 3. The van der Waals surface area contributed by atoms with Gasteiger partial charge in [-0.1, -0.05) is 11.6 Å². The Morgan fingerprint density at radius 2 is 1.89 bits per heavy atom. The minimum absolute atomic E-state index is 0.234. The highest BCUT2D eigenvalue weighted by atomic mass is 35.5. The Balaban J connectivity index is 3.04. The number of nitrogens with one attached hydrogen (secondary N) is 1. The van der Waals surface area contributed by atoms with Gasteiger partial charge in [0, 0.05) is 19.1 Å². The van der Waals surface area contributed by atoms with E-state index in [4.69, 9.17) is 11.6 Å². The average Bonchev–Trinajstić information content (AvgIpc) is 2.26. The van der Waals surface area contributed by atoms with Crippen LogP contribution in [0.3, 0.4) is 0 Å². The fourth-order valence-electron chi connectivity index (χ4n) is 1.47. The number of hydrogen-bond donors (Lipinski definition) is 1. The summed E-state index contributed by atoms with van der Waals surface area (Å²) in [5.74, 6) is -0.975. The Morgan fingerprint density at radius 3 is 2.42 bits per heavy atom. The van der Waals surface area contributed by atoms with Gasteiger partial charge in [-0.2, -0.15) is 0 Å². The highest BCUT2D eigenvalue weighted by Gasteiger charge is 2.16. The van der Waals surface area contributed by atoms with E-state index in [1.54, 1.807) is 20.2 Å². The number of rotatable bonds is 4. The van der Waals surface area contributed by atoms with Crippen LogP contribution >= 0.6 is 11.6 Å². The molecule has 1 aromatic carbocycles. The number of hydrogen-bond acceptors (Lipinski definition) is 3. The molecule has 0 aliphatic heterocycles. The molecule has 19 heavy (non-hydrogen) atoms. The zero-order valence-electron chi connectivity index (χ0n) is 11.0. The molecule has 1 aromatic rings. The molecule has 6 heteroatoms. The van der Waals surface area contributed by atoms with E-state index in [-0.39, 0.29) is 18.1 Å². The van der Waals surface area contributed by atoms with Crippen LogP contribution in [0.2, 0.25) is 5.02 Å². The van der Waals surface area contributed by atoms with E-state index in [2.05, 4.69) is 5.32 Å². The van der Waals surface area contributed by atoms with Crippen LogP contribution in [-0.4, -0.2) is 36.6 Å². The first-order chi connectivity index (χ1) is 8.81. The zero-order chi connectivity index (χ0) is 14.6. The molecule has 0 aromatic heterocycles. The standard InChI is InChI=1S/C13H15ClN2O3/c1-8(17)6-12(18)15-11-7-9(14)4-5-10(11)13(19)16(2)3/h4-5,7H,6H2,1-3H3,(H,15,18). The van der Waals surface area contributed by atoms with Crippen molar-refractivity contribution in [3.8, 4) is 0 Å². The largest absolute Gasteiger partial charge is 0.345 e. The van der Waals surface area contributed by atoms with Gasteiger partial charge in [-0.15, -0.1) is 0 Å². The van der Waals surface area contributed by atoms with Crippen LogP contribution in [0.1, 0.15) is 23.7 Å². The topological polar surface area (TPSA) is 66.5 Å². The van der Waals surface area contributed by atoms with Crippen LogP contribution in [0, 0.1) is 0 Å². The van der Waals surface area contributed by atoms with Gasteiger partial charge < -0.3 is 10.2 Å². The van der Waals surface area contributed by atoms with E-state index < -0.39 is 5.91 Å². The quantitative estimate of drug-likeness (QED) is 0.859. The molecule has 0 aliphatic rings. The third-order valence-electron chi connectivity index (χ3n) is 2.30. The van der Waals surface area contributed by atoms with Crippen LogP contribution in [0.4, 0.5) is 5.69 Å². The summed E-state index contributed by atoms with van der Waals surface area (Å²) in [6.45, 7) is 1.32. The van der Waals surface area contributed by atoms with E-state index in [1.165, 1.54) is 24.0 Å². The van der Waals surface area contributed by atoms with Crippen LogP contribution in [0.25, 0.3) is 0 Å². The molecule has 0 heterocycles. The lowest BCUT2D eigenvalue weighted by atomic mass is 10.1. The van der Waals surface area contributed by atoms with Gasteiger partial charge in [-0.3, -0.25) is 14.4 Å². The number of anilines is 1. The number of nitrogens with zero attached hydrogens (tertiary/aromatic N) is 1. The maximum atomic E-state index is 11.9. The Hall–Kier alpha value is -1.88. The summed E-state index contributed by atoms with van der Waals surface area (Å²) in [6, 6.07) is 4.59. The van der Waals surface area contributed by atoms with Gasteiger partial charge in [0.15, 0.2) is 0 Å². The second-order valence-electron chi connectivity index (χ2n) is 4.32. The van der Waals surface area contributed by atoms with Gasteiger partial charge in [-0.25, -0.2) is 0 Å². The molecular weight excluding hydrogens is 268 g/mol. The van der Waals surface area contributed by atoms with Gasteiger partial charge in [-0.05, 0) is 25.1 Å². The fourth-order valence-corrected chi connectivity index (χ4v) is 1.64. The van der Waals surface area contributed by atoms with Gasteiger partial charge in [0.2, 0.25) is 5.91 Å². The first-order valence-electron chi connectivity index (χ1n) is 5.61. The SMILES string of the molecule is CC(=O)CC(=O)Nc1cc(Cl)ccc1C(=O)N(C)C. The molecule has 0 atom stereocenters. The van der Waals surface area contributed by atoms with Crippen molar-refractivity contribution in [2.45, 2.75) is 13.3 Å². The fraction of sp³-hybridized carbons (Fsp3) is 0.308. The number of benzene rings is 1. The molecule has 0 radical (unpaired) electrons. The third-order valence-corrected chi connectivity index (χ3v) is 2.54. The molecule has 0 saturated carbocycles. The Labute approximate surface area is 116 Å². The van der Waals surface area contributed by atoms with E-state index in [9.17, 15) is 14.4 Å². The lowest BCUT2D eigenvalue weighted by Crippen LogP contribution is -2.24. The van der Waals surface area contributed by atoms with Crippen LogP contribution in [-0.2, 0) is 9.59 Å². The van der Waals surface area contributed by atoms with Gasteiger partial charge in [0.1, 0.15) is 5.78 Å². The number of amides is 2. The number of Topliss-reactive ketones (excluding diaryl/α,β-unsaturated/α-hetero) is 1. The van der Waals surface area contributed by atoms with Crippen LogP contribution in [0.5, 0.6) is 0 Å². The Bertz CT molecular complexity index is 527. The van der Waals surface area contributed by atoms with Crippen molar-refractivity contribution in [1.29, 1.82) is 0 Å². The molecule has 1 N–H and O–H groups in total. The molecule has 0 aliphatic carbocycles. The summed E-state index contributed by atoms with van der Waals surface area (Å²) in [4.78, 5) is 35.8. The molecule has 2 amide bonds. The molecule has 0 spiro atoms. The zero-order valence-corrected chi connectivity index (χ0v) is 11.7. The predicted octanol–water partition coefficient (Wildman–Crippen LogP) is 1.96. The van der Waals surface area contributed by atoms with Crippen molar-refractivity contribution in [2.75, 3.05) is 19.4 Å². The molecule has 0 saturated heterocycles. The Kier molecular flexibility index (Phi) is 5.06. The molecular formula is C13H15ClN2O3. The molecule has 102 valence electrons. The molecule has 0 bridgehead atoms. The number of halogens is 1. The third kappa shape index (κ3) is 4.37. The molecule has 0 fully saturated rings. The highest BCUT2D eigenvalue weighted by Crippen LogP contribution is 2.22. The average molecular weight is 283 g/mol. The summed E-state index contributed by atoms with van der Waals surface area (Å²) in [6.07, 6.45) is -0.234. The van der Waals surface area contributed by atoms with Crippen LogP contribution < -0.4 is 5.32 Å². The number of carbonyl (C=O) groups is 3. The summed E-state index contributed by atoms with van der Waals surface area (Å²) < 4.78 is 0. The van der Waals surface area contributed by atoms with E-state index in [0.717, 1.165) is 0 Å². The predicted molar refractivity (Wildman–Crippen MR) is 73.4 cm³/mol. The van der Waals surface area contributed by atoms with Crippen molar-refractivity contribution in [1.82, 2.24) is 4.90 Å². The summed E-state index contributed by atoms with van der Waals surface area (Å²) in [5.41, 5.74) is 0.628. The summed E-state index contributed by atoms with van der Waals surface area (Å²) in [7, 11) is 3.22. The van der Waals surface area contributed by atoms with E-state index in [1.807, 2.05) is 0 Å². The van der Waals surface area contributed by atoms with Crippen molar-refractivity contribution >= 4 is 34.9 Å². The highest BCUT2D eigenvalue weighted by molar-refractivity contribution is 6.31. The summed E-state index contributed by atoms with van der Waals surface area (Å²) >= 11 is 5.85. The maximum Gasteiger partial charge on any atom is 0.255 e. The van der Waals surface area contributed by atoms with Gasteiger partial charge >= 0.3 is 0 Å². The minimum atomic E-state index is -0.470. The minimum Gasteiger partial charge on any atom is -0.345 e. The summed E-state index contributed by atoms with van der Waals surface area (Å²) in [5, 5.41) is 2.92. The lowest BCUT2D eigenvalue weighted by Gasteiger charge is -2.15. The van der Waals surface area contributed by atoms with Crippen molar-refractivity contribution in [3.05, 3.63) is 28.8 Å². The molecule has 1 rings (SSSR count).